The minimum absolute atomic E-state index is 0.0144. The van der Waals surface area contributed by atoms with E-state index < -0.39 is 22.9 Å². The molecule has 0 saturated carbocycles. The van der Waals surface area contributed by atoms with Crippen LogP contribution < -0.4 is 10.6 Å². The molecule has 0 aliphatic carbocycles. The third kappa shape index (κ3) is 4.90. The van der Waals surface area contributed by atoms with E-state index in [4.69, 9.17) is 23.2 Å². The Morgan fingerprint density at radius 3 is 2.11 bits per heavy atom. The Hall–Kier alpha value is -2.32. The molecule has 0 atom stereocenters. The first-order valence-corrected chi connectivity index (χ1v) is 8.86. The Kier molecular flexibility index (Phi) is 6.67. The maximum absolute atomic E-state index is 13.5. The van der Waals surface area contributed by atoms with Gasteiger partial charge in [0.2, 0.25) is 0 Å². The molecule has 0 saturated heterocycles. The van der Waals surface area contributed by atoms with Crippen LogP contribution >= 0.6 is 23.2 Å². The SMILES string of the molecule is CC(C)c1ncnc(C(C)C)c1NC(=O)NC(=O)c1cc(F)c(Cl)nc1Cl. The number of urea groups is 1. The first kappa shape index (κ1) is 21.0. The maximum Gasteiger partial charge on any atom is 0.326 e. The molecule has 2 aromatic rings. The second kappa shape index (κ2) is 8.58. The van der Waals surface area contributed by atoms with Crippen LogP contribution in [0, 0.1) is 5.82 Å². The van der Waals surface area contributed by atoms with Gasteiger partial charge in [0.1, 0.15) is 11.5 Å². The van der Waals surface area contributed by atoms with Gasteiger partial charge in [-0.1, -0.05) is 50.9 Å². The molecule has 0 radical (unpaired) electrons. The van der Waals surface area contributed by atoms with Gasteiger partial charge in [-0.2, -0.15) is 0 Å². The first-order valence-electron chi connectivity index (χ1n) is 8.10. The lowest BCUT2D eigenvalue weighted by Crippen LogP contribution is -2.35. The number of rotatable bonds is 4. The summed E-state index contributed by atoms with van der Waals surface area (Å²) < 4.78 is 13.5. The molecule has 2 heterocycles. The lowest BCUT2D eigenvalue weighted by molar-refractivity contribution is 0.0966. The number of anilines is 1. The quantitative estimate of drug-likeness (QED) is 0.717. The van der Waals surface area contributed by atoms with Gasteiger partial charge in [-0.25, -0.2) is 24.1 Å². The predicted octanol–water partition coefficient (Wildman–Crippen LogP) is 4.53. The summed E-state index contributed by atoms with van der Waals surface area (Å²) in [6.45, 7) is 7.68. The zero-order chi connectivity index (χ0) is 20.3. The van der Waals surface area contributed by atoms with Crippen molar-refractivity contribution in [2.45, 2.75) is 39.5 Å². The summed E-state index contributed by atoms with van der Waals surface area (Å²) in [6, 6.07) is -0.0182. The highest BCUT2D eigenvalue weighted by atomic mass is 35.5. The van der Waals surface area contributed by atoms with Gasteiger partial charge in [0.25, 0.3) is 5.91 Å². The molecular formula is C17H18Cl2FN5O2. The van der Waals surface area contributed by atoms with Gasteiger partial charge < -0.3 is 5.32 Å². The number of nitrogens with one attached hydrogen (secondary N) is 2. The lowest BCUT2D eigenvalue weighted by atomic mass is 10.0. The van der Waals surface area contributed by atoms with Crippen LogP contribution in [0.2, 0.25) is 10.3 Å². The number of pyridine rings is 1. The number of amides is 3. The van der Waals surface area contributed by atoms with Crippen molar-refractivity contribution < 1.29 is 14.0 Å². The largest absolute Gasteiger partial charge is 0.326 e. The average molecular weight is 414 g/mol. The van der Waals surface area contributed by atoms with Gasteiger partial charge in [-0.3, -0.25) is 10.1 Å². The van der Waals surface area contributed by atoms with Gasteiger partial charge in [0.15, 0.2) is 11.0 Å². The zero-order valence-electron chi connectivity index (χ0n) is 15.1. The van der Waals surface area contributed by atoms with E-state index in [-0.39, 0.29) is 22.6 Å². The molecular weight excluding hydrogens is 396 g/mol. The number of carbonyl (C=O) groups is 2. The van der Waals surface area contributed by atoms with Crippen LogP contribution in [0.3, 0.4) is 0 Å². The molecule has 10 heteroatoms. The topological polar surface area (TPSA) is 96.9 Å². The van der Waals surface area contributed by atoms with Gasteiger partial charge in [0.05, 0.1) is 22.6 Å². The summed E-state index contributed by atoms with van der Waals surface area (Å²) in [7, 11) is 0. The highest BCUT2D eigenvalue weighted by Gasteiger charge is 2.21. The number of aromatic nitrogens is 3. The van der Waals surface area contributed by atoms with Crippen LogP contribution in [-0.2, 0) is 0 Å². The van der Waals surface area contributed by atoms with E-state index in [9.17, 15) is 14.0 Å². The van der Waals surface area contributed by atoms with Crippen LogP contribution in [0.4, 0.5) is 14.9 Å². The van der Waals surface area contributed by atoms with Crippen molar-refractivity contribution in [1.29, 1.82) is 0 Å². The van der Waals surface area contributed by atoms with Gasteiger partial charge in [-0.15, -0.1) is 0 Å². The molecule has 3 amide bonds. The molecule has 0 fully saturated rings. The second-order valence-corrected chi connectivity index (χ2v) is 7.05. The molecule has 0 spiro atoms. The fraction of sp³-hybridized carbons (Fsp3) is 0.353. The normalized spacial score (nSPS) is 11.0. The lowest BCUT2D eigenvalue weighted by Gasteiger charge is -2.18. The molecule has 144 valence electrons. The number of halogens is 3. The molecule has 2 N–H and O–H groups in total. The average Bonchev–Trinajstić information content (AvgIpc) is 2.57. The van der Waals surface area contributed by atoms with Crippen molar-refractivity contribution in [2.75, 3.05) is 5.32 Å². The van der Waals surface area contributed by atoms with Crippen LogP contribution in [-0.4, -0.2) is 26.9 Å². The smallest absolute Gasteiger partial charge is 0.304 e. The summed E-state index contributed by atoms with van der Waals surface area (Å²) in [5.41, 5.74) is 1.38. The number of nitrogens with zero attached hydrogens (tertiary/aromatic N) is 3. The molecule has 2 aromatic heterocycles. The van der Waals surface area contributed by atoms with E-state index in [1.165, 1.54) is 6.33 Å². The minimum atomic E-state index is -0.924. The van der Waals surface area contributed by atoms with E-state index in [0.717, 1.165) is 6.07 Å². The van der Waals surface area contributed by atoms with Crippen molar-refractivity contribution in [3.05, 3.63) is 45.5 Å². The van der Waals surface area contributed by atoms with Crippen LogP contribution in [0.1, 0.15) is 61.3 Å². The van der Waals surface area contributed by atoms with Crippen LogP contribution in [0.25, 0.3) is 0 Å². The standard InChI is InChI=1S/C17H18Cl2FN5O2/c1-7(2)11-13(12(8(3)4)22-6-21-11)23-17(27)25-16(26)9-5-10(20)15(19)24-14(9)18/h5-8H,1-4H3,(H2,23,25,26,27). The van der Waals surface area contributed by atoms with Crippen molar-refractivity contribution in [3.8, 4) is 0 Å². The highest BCUT2D eigenvalue weighted by Crippen LogP contribution is 2.29. The number of hydrogen-bond acceptors (Lipinski definition) is 5. The van der Waals surface area contributed by atoms with E-state index >= 15 is 0 Å². The zero-order valence-corrected chi connectivity index (χ0v) is 16.6. The summed E-state index contributed by atoms with van der Waals surface area (Å²) in [6.07, 6.45) is 1.43. The van der Waals surface area contributed by atoms with E-state index in [0.29, 0.717) is 17.1 Å². The fourth-order valence-corrected chi connectivity index (χ4v) is 2.74. The molecule has 0 aliphatic heterocycles. The third-order valence-corrected chi connectivity index (χ3v) is 4.15. The molecule has 27 heavy (non-hydrogen) atoms. The van der Waals surface area contributed by atoms with E-state index in [2.05, 4.69) is 25.6 Å². The summed E-state index contributed by atoms with van der Waals surface area (Å²) in [5.74, 6) is -1.82. The Balaban J connectivity index is 2.26. The highest BCUT2D eigenvalue weighted by molar-refractivity contribution is 6.35. The maximum atomic E-state index is 13.5. The number of hydrogen-bond donors (Lipinski definition) is 2. The molecule has 2 rings (SSSR count). The molecule has 0 aromatic carbocycles. The van der Waals surface area contributed by atoms with Gasteiger partial charge in [0, 0.05) is 0 Å². The first-order chi connectivity index (χ1) is 12.6. The summed E-state index contributed by atoms with van der Waals surface area (Å²) >= 11 is 11.3. The van der Waals surface area contributed by atoms with Crippen molar-refractivity contribution in [2.24, 2.45) is 0 Å². The Morgan fingerprint density at radius 2 is 1.59 bits per heavy atom. The second-order valence-electron chi connectivity index (χ2n) is 6.34. The molecule has 7 nitrogen and oxygen atoms in total. The summed E-state index contributed by atoms with van der Waals surface area (Å²) in [5, 5.41) is 3.91. The Morgan fingerprint density at radius 1 is 1.04 bits per heavy atom. The molecule has 0 unspecified atom stereocenters. The number of carbonyl (C=O) groups excluding carboxylic acids is 2. The molecule has 0 aliphatic rings. The van der Waals surface area contributed by atoms with Gasteiger partial charge in [-0.05, 0) is 17.9 Å². The van der Waals surface area contributed by atoms with Crippen LogP contribution in [0.5, 0.6) is 0 Å². The third-order valence-electron chi connectivity index (χ3n) is 3.60. The monoisotopic (exact) mass is 413 g/mol. The van der Waals surface area contributed by atoms with Crippen molar-refractivity contribution in [1.82, 2.24) is 20.3 Å². The van der Waals surface area contributed by atoms with Gasteiger partial charge >= 0.3 is 6.03 Å². The minimum Gasteiger partial charge on any atom is -0.304 e. The van der Waals surface area contributed by atoms with E-state index in [1.807, 2.05) is 27.7 Å². The Bertz CT molecular complexity index is 864. The Labute approximate surface area is 165 Å². The van der Waals surface area contributed by atoms with Crippen molar-refractivity contribution in [3.63, 3.8) is 0 Å². The summed E-state index contributed by atoms with van der Waals surface area (Å²) in [4.78, 5) is 36.5. The number of imide groups is 1. The molecule has 0 bridgehead atoms. The fourth-order valence-electron chi connectivity index (χ4n) is 2.34. The predicted molar refractivity (Wildman–Crippen MR) is 101 cm³/mol. The van der Waals surface area contributed by atoms with Crippen LogP contribution in [0.15, 0.2) is 12.4 Å². The van der Waals surface area contributed by atoms with E-state index in [1.54, 1.807) is 0 Å². The van der Waals surface area contributed by atoms with Crippen molar-refractivity contribution >= 4 is 40.8 Å².